The maximum absolute atomic E-state index is 12.3. The van der Waals surface area contributed by atoms with Crippen LogP contribution >= 0.6 is 0 Å². The maximum atomic E-state index is 12.3. The lowest BCUT2D eigenvalue weighted by atomic mass is 10.1. The number of para-hydroxylation sites is 1. The van der Waals surface area contributed by atoms with Gasteiger partial charge in [-0.1, -0.05) is 23.3 Å². The molecular formula is C16H8N2O6. The lowest BCUT2D eigenvalue weighted by Gasteiger charge is -2.12. The number of nitrogens with zero attached hydrogens (tertiary/aromatic N) is 1. The summed E-state index contributed by atoms with van der Waals surface area (Å²) in [4.78, 5) is 55.3. The second-order valence-corrected chi connectivity index (χ2v) is 5.02. The fourth-order valence-electron chi connectivity index (χ4n) is 2.52. The minimum atomic E-state index is -0.966. The first-order chi connectivity index (χ1) is 11.6. The van der Waals surface area contributed by atoms with Gasteiger partial charge in [-0.05, 0) is 24.3 Å². The molecule has 0 saturated carbocycles. The fourth-order valence-corrected chi connectivity index (χ4v) is 2.52. The molecule has 24 heavy (non-hydrogen) atoms. The molecular weight excluding hydrogens is 316 g/mol. The number of hydrogen-bond donors (Lipinski definition) is 1. The first kappa shape index (κ1) is 13.9. The molecule has 2 aromatic carbocycles. The average Bonchev–Trinajstić information content (AvgIpc) is 3.07. The van der Waals surface area contributed by atoms with Crippen LogP contribution in [0.1, 0.15) is 31.1 Å². The van der Waals surface area contributed by atoms with Gasteiger partial charge < -0.3 is 9.25 Å². The number of imide groups is 1. The zero-order chi connectivity index (χ0) is 16.8. The first-order valence-corrected chi connectivity index (χ1v) is 6.88. The molecule has 8 heteroatoms. The molecule has 0 fully saturated rings. The highest BCUT2D eigenvalue weighted by molar-refractivity contribution is 6.21. The third-order valence-corrected chi connectivity index (χ3v) is 3.61. The van der Waals surface area contributed by atoms with E-state index in [1.54, 1.807) is 12.1 Å². The van der Waals surface area contributed by atoms with Crippen molar-refractivity contribution in [3.05, 3.63) is 69.7 Å². The minimum absolute atomic E-state index is 0.0325. The molecule has 0 atom stereocenters. The lowest BCUT2D eigenvalue weighted by molar-refractivity contribution is -0.0583. The Hall–Kier alpha value is -3.68. The molecule has 0 bridgehead atoms. The van der Waals surface area contributed by atoms with Gasteiger partial charge in [0.1, 0.15) is 5.52 Å². The first-order valence-electron chi connectivity index (χ1n) is 6.88. The van der Waals surface area contributed by atoms with Crippen molar-refractivity contribution in [3.8, 4) is 0 Å². The summed E-state index contributed by atoms with van der Waals surface area (Å²) in [6.45, 7) is 0. The average molecular weight is 324 g/mol. The molecule has 8 nitrogen and oxygen atoms in total. The normalized spacial score (nSPS) is 13.4. The van der Waals surface area contributed by atoms with Crippen LogP contribution in [-0.4, -0.2) is 27.8 Å². The molecule has 3 aromatic rings. The molecule has 118 valence electrons. The highest BCUT2D eigenvalue weighted by Crippen LogP contribution is 2.24. The number of nitrogens with one attached hydrogen (secondary N) is 1. The third-order valence-electron chi connectivity index (χ3n) is 3.61. The Balaban J connectivity index is 1.69. The Kier molecular flexibility index (Phi) is 2.86. The number of benzene rings is 2. The number of hydroxylamine groups is 2. The highest BCUT2D eigenvalue weighted by atomic mass is 16.7. The third kappa shape index (κ3) is 1.93. The van der Waals surface area contributed by atoms with Crippen molar-refractivity contribution in [1.29, 1.82) is 0 Å². The number of H-pyrrole nitrogens is 1. The van der Waals surface area contributed by atoms with Crippen molar-refractivity contribution in [2.45, 2.75) is 0 Å². The largest absolute Gasteiger partial charge is 0.417 e. The van der Waals surface area contributed by atoms with Crippen LogP contribution in [0.2, 0.25) is 0 Å². The molecule has 1 aliphatic heterocycles. The van der Waals surface area contributed by atoms with Gasteiger partial charge in [-0.25, -0.2) is 9.59 Å². The van der Waals surface area contributed by atoms with Gasteiger partial charge >= 0.3 is 11.7 Å². The van der Waals surface area contributed by atoms with Crippen LogP contribution < -0.4 is 5.76 Å². The SMILES string of the molecule is O=C(ON1C(=O)c2ccccc2C1=O)c1cccc2oc(=O)[nH]c12. The molecule has 0 aliphatic carbocycles. The van der Waals surface area contributed by atoms with Gasteiger partial charge in [-0.15, -0.1) is 0 Å². The molecule has 2 heterocycles. The number of carbonyl (C=O) groups is 3. The minimum Gasteiger partial charge on any atom is -0.408 e. The van der Waals surface area contributed by atoms with Crippen molar-refractivity contribution in [3.63, 3.8) is 0 Å². The number of aromatic amines is 1. The van der Waals surface area contributed by atoms with Crippen molar-refractivity contribution < 1.29 is 23.6 Å². The van der Waals surface area contributed by atoms with Gasteiger partial charge in [0, 0.05) is 0 Å². The molecule has 4 rings (SSSR count). The van der Waals surface area contributed by atoms with Crippen molar-refractivity contribution in [1.82, 2.24) is 10.0 Å². The summed E-state index contributed by atoms with van der Waals surface area (Å²) < 4.78 is 4.86. The number of fused-ring (bicyclic) bond motifs is 2. The summed E-state index contributed by atoms with van der Waals surface area (Å²) in [6.07, 6.45) is 0. The summed E-state index contributed by atoms with van der Waals surface area (Å²) in [5, 5.41) is 0.407. The van der Waals surface area contributed by atoms with E-state index in [0.717, 1.165) is 0 Å². The quantitative estimate of drug-likeness (QED) is 0.715. The van der Waals surface area contributed by atoms with Crippen molar-refractivity contribution in [2.24, 2.45) is 0 Å². The van der Waals surface area contributed by atoms with E-state index in [9.17, 15) is 19.2 Å². The van der Waals surface area contributed by atoms with Crippen LogP contribution in [0.3, 0.4) is 0 Å². The lowest BCUT2D eigenvalue weighted by Crippen LogP contribution is -2.32. The smallest absolute Gasteiger partial charge is 0.408 e. The maximum Gasteiger partial charge on any atom is 0.417 e. The van der Waals surface area contributed by atoms with E-state index in [4.69, 9.17) is 9.25 Å². The Morgan fingerprint density at radius 3 is 2.29 bits per heavy atom. The van der Waals surface area contributed by atoms with Crippen molar-refractivity contribution in [2.75, 3.05) is 0 Å². The van der Waals surface area contributed by atoms with E-state index in [0.29, 0.717) is 5.06 Å². The van der Waals surface area contributed by atoms with Gasteiger partial charge in [0.2, 0.25) is 0 Å². The van der Waals surface area contributed by atoms with Gasteiger partial charge in [0.05, 0.1) is 16.7 Å². The summed E-state index contributed by atoms with van der Waals surface area (Å²) in [5.41, 5.74) is 0.575. The summed E-state index contributed by atoms with van der Waals surface area (Å²) in [7, 11) is 0. The predicted molar refractivity (Wildman–Crippen MR) is 79.2 cm³/mol. The number of rotatable bonds is 2. The Morgan fingerprint density at radius 2 is 1.62 bits per heavy atom. The van der Waals surface area contributed by atoms with Gasteiger partial charge in [-0.3, -0.25) is 14.6 Å². The molecule has 0 radical (unpaired) electrons. The van der Waals surface area contributed by atoms with Crippen LogP contribution in [0.5, 0.6) is 0 Å². The van der Waals surface area contributed by atoms with Gasteiger partial charge in [0.15, 0.2) is 5.58 Å². The molecule has 2 amide bonds. The summed E-state index contributed by atoms with van der Waals surface area (Å²) in [6, 6.07) is 10.5. The van der Waals surface area contributed by atoms with Crippen LogP contribution in [0, 0.1) is 0 Å². The summed E-state index contributed by atoms with van der Waals surface area (Å²) >= 11 is 0. The van der Waals surface area contributed by atoms with Crippen LogP contribution in [0.25, 0.3) is 11.1 Å². The number of aromatic nitrogens is 1. The van der Waals surface area contributed by atoms with E-state index in [2.05, 4.69) is 4.98 Å². The predicted octanol–water partition coefficient (Wildman–Crippen LogP) is 1.49. The summed E-state index contributed by atoms with van der Waals surface area (Å²) in [5.74, 6) is -3.15. The monoisotopic (exact) mass is 324 g/mol. The topological polar surface area (TPSA) is 110 Å². The Bertz CT molecular complexity index is 1040. The number of carbonyl (C=O) groups excluding carboxylic acids is 3. The number of hydrogen-bond acceptors (Lipinski definition) is 6. The zero-order valence-electron chi connectivity index (χ0n) is 11.9. The molecule has 1 aromatic heterocycles. The van der Waals surface area contributed by atoms with Crippen LogP contribution in [0.15, 0.2) is 51.7 Å². The molecule has 1 aliphatic rings. The zero-order valence-corrected chi connectivity index (χ0v) is 11.9. The van der Waals surface area contributed by atoms with E-state index in [1.165, 1.54) is 30.3 Å². The molecule has 0 spiro atoms. The second-order valence-electron chi connectivity index (χ2n) is 5.02. The van der Waals surface area contributed by atoms with Crippen LogP contribution in [-0.2, 0) is 4.84 Å². The molecule has 0 unspecified atom stereocenters. The Morgan fingerprint density at radius 1 is 0.958 bits per heavy atom. The highest BCUT2D eigenvalue weighted by Gasteiger charge is 2.39. The number of amides is 2. The van der Waals surface area contributed by atoms with E-state index < -0.39 is 23.5 Å². The van der Waals surface area contributed by atoms with E-state index in [1.807, 2.05) is 0 Å². The molecule has 1 N–H and O–H groups in total. The van der Waals surface area contributed by atoms with Gasteiger partial charge in [-0.2, -0.15) is 0 Å². The van der Waals surface area contributed by atoms with Gasteiger partial charge in [0.25, 0.3) is 11.8 Å². The fraction of sp³-hybridized carbons (Fsp3) is 0. The number of oxazole rings is 1. The van der Waals surface area contributed by atoms with Crippen molar-refractivity contribution >= 4 is 28.9 Å². The standard InChI is InChI=1S/C16H8N2O6/c19-13-8-4-1-2-5-9(8)14(20)18(13)24-15(21)10-6-3-7-11-12(10)17-16(22)23-11/h1-7H,(H,17,22). The second kappa shape index (κ2) is 4.92. The molecule has 0 saturated heterocycles. The van der Waals surface area contributed by atoms with E-state index in [-0.39, 0.29) is 27.8 Å². The van der Waals surface area contributed by atoms with E-state index >= 15 is 0 Å². The Labute approximate surface area is 133 Å². The van der Waals surface area contributed by atoms with Crippen LogP contribution in [0.4, 0.5) is 0 Å².